The molecule has 1 atom stereocenters. The zero-order chi connectivity index (χ0) is 15.3. The number of amides is 1. The second-order valence-electron chi connectivity index (χ2n) is 4.80. The Bertz CT molecular complexity index is 505. The summed E-state index contributed by atoms with van der Waals surface area (Å²) in [5.74, 6) is -1.68. The standard InChI is InChI=1S/C14H17BrFNO3/c1-8(2)9(3)17-13(18)7-20-14(19)11-6-10(15)4-5-12(11)16/h4-6,8-9H,7H2,1-3H3,(H,17,18)/t9-/m1/s1. The van der Waals surface area contributed by atoms with E-state index < -0.39 is 24.3 Å². The van der Waals surface area contributed by atoms with Gasteiger partial charge in [0.2, 0.25) is 0 Å². The molecule has 0 aliphatic heterocycles. The minimum absolute atomic E-state index is 0.0243. The Labute approximate surface area is 125 Å². The molecule has 0 aromatic heterocycles. The molecule has 1 N–H and O–H groups in total. The number of rotatable bonds is 5. The van der Waals surface area contributed by atoms with E-state index in [0.29, 0.717) is 4.47 Å². The maximum Gasteiger partial charge on any atom is 0.341 e. The van der Waals surface area contributed by atoms with Gasteiger partial charge in [0.25, 0.3) is 5.91 Å². The fourth-order valence-electron chi connectivity index (χ4n) is 1.33. The fraction of sp³-hybridized carbons (Fsp3) is 0.429. The summed E-state index contributed by atoms with van der Waals surface area (Å²) in [7, 11) is 0. The van der Waals surface area contributed by atoms with Crippen molar-refractivity contribution < 1.29 is 18.7 Å². The number of nitrogens with one attached hydrogen (secondary N) is 1. The van der Waals surface area contributed by atoms with Crippen molar-refractivity contribution in [2.75, 3.05) is 6.61 Å². The number of ether oxygens (including phenoxy) is 1. The van der Waals surface area contributed by atoms with Crippen molar-refractivity contribution >= 4 is 27.8 Å². The average molecular weight is 346 g/mol. The summed E-state index contributed by atoms with van der Waals surface area (Å²) in [5, 5.41) is 2.69. The van der Waals surface area contributed by atoms with Crippen LogP contribution in [0, 0.1) is 11.7 Å². The fourth-order valence-corrected chi connectivity index (χ4v) is 1.69. The summed E-state index contributed by atoms with van der Waals surface area (Å²) in [6.45, 7) is 5.36. The van der Waals surface area contributed by atoms with Crippen LogP contribution in [-0.2, 0) is 9.53 Å². The zero-order valence-corrected chi connectivity index (χ0v) is 13.2. The Morgan fingerprint density at radius 2 is 2.00 bits per heavy atom. The first-order chi connectivity index (χ1) is 9.31. The van der Waals surface area contributed by atoms with Crippen molar-refractivity contribution in [3.63, 3.8) is 0 Å². The highest BCUT2D eigenvalue weighted by Crippen LogP contribution is 2.16. The van der Waals surface area contributed by atoms with Crippen LogP contribution in [-0.4, -0.2) is 24.5 Å². The van der Waals surface area contributed by atoms with Gasteiger partial charge in [-0.1, -0.05) is 29.8 Å². The van der Waals surface area contributed by atoms with Gasteiger partial charge in [0.1, 0.15) is 5.82 Å². The highest BCUT2D eigenvalue weighted by atomic mass is 79.9. The van der Waals surface area contributed by atoms with E-state index in [2.05, 4.69) is 21.2 Å². The molecule has 0 radical (unpaired) electrons. The molecule has 0 bridgehead atoms. The Hall–Kier alpha value is -1.43. The van der Waals surface area contributed by atoms with E-state index >= 15 is 0 Å². The van der Waals surface area contributed by atoms with Gasteiger partial charge in [-0.15, -0.1) is 0 Å². The molecule has 0 aliphatic rings. The van der Waals surface area contributed by atoms with Crippen LogP contribution >= 0.6 is 15.9 Å². The van der Waals surface area contributed by atoms with Crippen LogP contribution in [0.2, 0.25) is 0 Å². The number of esters is 1. The van der Waals surface area contributed by atoms with E-state index in [0.717, 1.165) is 6.07 Å². The maximum absolute atomic E-state index is 13.4. The van der Waals surface area contributed by atoms with Gasteiger partial charge in [0.15, 0.2) is 6.61 Å². The van der Waals surface area contributed by atoms with Gasteiger partial charge in [-0.3, -0.25) is 4.79 Å². The highest BCUT2D eigenvalue weighted by Gasteiger charge is 2.16. The molecule has 4 nitrogen and oxygen atoms in total. The van der Waals surface area contributed by atoms with Gasteiger partial charge < -0.3 is 10.1 Å². The van der Waals surface area contributed by atoms with E-state index in [9.17, 15) is 14.0 Å². The summed E-state index contributed by atoms with van der Waals surface area (Å²) in [6.07, 6.45) is 0. The van der Waals surface area contributed by atoms with Crippen LogP contribution in [0.4, 0.5) is 4.39 Å². The molecule has 0 saturated heterocycles. The monoisotopic (exact) mass is 345 g/mol. The molecule has 0 aliphatic carbocycles. The molecular weight excluding hydrogens is 329 g/mol. The van der Waals surface area contributed by atoms with Crippen molar-refractivity contribution in [2.24, 2.45) is 5.92 Å². The Balaban J connectivity index is 2.55. The third-order valence-corrected chi connectivity index (χ3v) is 3.36. The summed E-state index contributed by atoms with van der Waals surface area (Å²) in [5.41, 5.74) is -0.205. The van der Waals surface area contributed by atoms with Crippen molar-refractivity contribution in [1.29, 1.82) is 0 Å². The molecule has 1 aromatic carbocycles. The molecule has 20 heavy (non-hydrogen) atoms. The first kappa shape index (κ1) is 16.6. The molecule has 6 heteroatoms. The summed E-state index contributed by atoms with van der Waals surface area (Å²) in [6, 6.07) is 3.92. The van der Waals surface area contributed by atoms with Crippen molar-refractivity contribution in [3.8, 4) is 0 Å². The second-order valence-corrected chi connectivity index (χ2v) is 5.72. The number of carbonyl (C=O) groups excluding carboxylic acids is 2. The van der Waals surface area contributed by atoms with Gasteiger partial charge in [0.05, 0.1) is 5.56 Å². The molecular formula is C14H17BrFNO3. The SMILES string of the molecule is CC(C)[C@@H](C)NC(=O)COC(=O)c1cc(Br)ccc1F. The molecule has 1 amide bonds. The van der Waals surface area contributed by atoms with E-state index in [1.807, 2.05) is 20.8 Å². The third-order valence-electron chi connectivity index (χ3n) is 2.87. The topological polar surface area (TPSA) is 55.4 Å². The van der Waals surface area contributed by atoms with E-state index in [1.54, 1.807) is 0 Å². The first-order valence-corrected chi connectivity index (χ1v) is 7.02. The lowest BCUT2D eigenvalue weighted by molar-refractivity contribution is -0.125. The van der Waals surface area contributed by atoms with Gasteiger partial charge in [0, 0.05) is 10.5 Å². The summed E-state index contributed by atoms with van der Waals surface area (Å²) < 4.78 is 18.8. The third kappa shape index (κ3) is 4.92. The molecule has 0 fully saturated rings. The smallest absolute Gasteiger partial charge is 0.341 e. The predicted molar refractivity (Wildman–Crippen MR) is 76.8 cm³/mol. The van der Waals surface area contributed by atoms with E-state index in [-0.39, 0.29) is 17.5 Å². The van der Waals surface area contributed by atoms with Crippen LogP contribution in [0.25, 0.3) is 0 Å². The minimum atomic E-state index is -0.865. The molecule has 0 spiro atoms. The van der Waals surface area contributed by atoms with Crippen LogP contribution in [0.5, 0.6) is 0 Å². The van der Waals surface area contributed by atoms with Gasteiger partial charge in [-0.25, -0.2) is 9.18 Å². The molecule has 1 aromatic rings. The largest absolute Gasteiger partial charge is 0.452 e. The minimum Gasteiger partial charge on any atom is -0.452 e. The van der Waals surface area contributed by atoms with Crippen LogP contribution < -0.4 is 5.32 Å². The van der Waals surface area contributed by atoms with Gasteiger partial charge in [-0.2, -0.15) is 0 Å². The summed E-state index contributed by atoms with van der Waals surface area (Å²) in [4.78, 5) is 23.2. The van der Waals surface area contributed by atoms with Crippen LogP contribution in [0.1, 0.15) is 31.1 Å². The normalized spacial score (nSPS) is 12.1. The zero-order valence-electron chi connectivity index (χ0n) is 11.6. The Kier molecular flexibility index (Phi) is 6.13. The van der Waals surface area contributed by atoms with Gasteiger partial charge >= 0.3 is 5.97 Å². The molecule has 0 saturated carbocycles. The average Bonchev–Trinajstić information content (AvgIpc) is 2.38. The van der Waals surface area contributed by atoms with Crippen LogP contribution in [0.15, 0.2) is 22.7 Å². The second kappa shape index (κ2) is 7.38. The highest BCUT2D eigenvalue weighted by molar-refractivity contribution is 9.10. The number of benzene rings is 1. The Morgan fingerprint density at radius 1 is 1.35 bits per heavy atom. The lowest BCUT2D eigenvalue weighted by Crippen LogP contribution is -2.38. The number of halogens is 2. The maximum atomic E-state index is 13.4. The first-order valence-electron chi connectivity index (χ1n) is 6.22. The quantitative estimate of drug-likeness (QED) is 0.834. The van der Waals surface area contributed by atoms with Crippen molar-refractivity contribution in [2.45, 2.75) is 26.8 Å². The molecule has 0 unspecified atom stereocenters. The predicted octanol–water partition coefficient (Wildman–Crippen LogP) is 2.91. The number of hydrogen-bond acceptors (Lipinski definition) is 3. The van der Waals surface area contributed by atoms with Gasteiger partial charge in [-0.05, 0) is 31.0 Å². The number of hydrogen-bond donors (Lipinski definition) is 1. The van der Waals surface area contributed by atoms with Crippen molar-refractivity contribution in [3.05, 3.63) is 34.1 Å². The Morgan fingerprint density at radius 3 is 2.60 bits per heavy atom. The van der Waals surface area contributed by atoms with Crippen molar-refractivity contribution in [1.82, 2.24) is 5.32 Å². The van der Waals surface area contributed by atoms with E-state index in [4.69, 9.17) is 4.74 Å². The van der Waals surface area contributed by atoms with E-state index in [1.165, 1.54) is 12.1 Å². The molecule has 0 heterocycles. The molecule has 110 valence electrons. The lowest BCUT2D eigenvalue weighted by atomic mass is 10.1. The van der Waals surface area contributed by atoms with Crippen LogP contribution in [0.3, 0.4) is 0 Å². The molecule has 1 rings (SSSR count). The number of carbonyl (C=O) groups is 2. The lowest BCUT2D eigenvalue weighted by Gasteiger charge is -2.17. The summed E-state index contributed by atoms with van der Waals surface area (Å²) >= 11 is 3.14.